The van der Waals surface area contributed by atoms with Gasteiger partial charge in [0, 0.05) is 11.6 Å². The lowest BCUT2D eigenvalue weighted by molar-refractivity contribution is 0.576. The van der Waals surface area contributed by atoms with Crippen molar-refractivity contribution in [2.45, 2.75) is 43.9 Å². The van der Waals surface area contributed by atoms with Crippen molar-refractivity contribution < 1.29 is 8.42 Å². The SMILES string of the molecule is CCc1cc(S(=O)(=O)C(C)CCCl)nc(C)n1. The summed E-state index contributed by atoms with van der Waals surface area (Å²) >= 11 is 5.58. The minimum atomic E-state index is -3.39. The highest BCUT2D eigenvalue weighted by atomic mass is 35.5. The Kier molecular flexibility index (Phi) is 4.89. The molecule has 0 aromatic carbocycles. The zero-order valence-electron chi connectivity index (χ0n) is 10.3. The molecule has 0 spiro atoms. The van der Waals surface area contributed by atoms with Gasteiger partial charge in [0.15, 0.2) is 14.9 Å². The predicted molar refractivity (Wildman–Crippen MR) is 68.1 cm³/mol. The summed E-state index contributed by atoms with van der Waals surface area (Å²) < 4.78 is 24.4. The summed E-state index contributed by atoms with van der Waals surface area (Å²) in [6.45, 7) is 5.28. The quantitative estimate of drug-likeness (QED) is 0.611. The fourth-order valence-corrected chi connectivity index (χ4v) is 3.30. The molecule has 1 heterocycles. The van der Waals surface area contributed by atoms with Crippen LogP contribution in [0.25, 0.3) is 0 Å². The maximum Gasteiger partial charge on any atom is 0.198 e. The monoisotopic (exact) mass is 276 g/mol. The fourth-order valence-electron chi connectivity index (χ4n) is 1.44. The topological polar surface area (TPSA) is 59.9 Å². The van der Waals surface area contributed by atoms with Gasteiger partial charge in [0.25, 0.3) is 0 Å². The van der Waals surface area contributed by atoms with Crippen LogP contribution in [0.1, 0.15) is 31.8 Å². The van der Waals surface area contributed by atoms with E-state index >= 15 is 0 Å². The first-order valence-electron chi connectivity index (χ1n) is 5.56. The number of halogens is 1. The molecule has 0 N–H and O–H groups in total. The molecule has 0 saturated heterocycles. The van der Waals surface area contributed by atoms with Gasteiger partial charge in [-0.25, -0.2) is 18.4 Å². The van der Waals surface area contributed by atoms with Crippen molar-refractivity contribution in [2.24, 2.45) is 0 Å². The zero-order chi connectivity index (χ0) is 13.1. The summed E-state index contributed by atoms with van der Waals surface area (Å²) in [5.41, 5.74) is 0.745. The number of alkyl halides is 1. The van der Waals surface area contributed by atoms with Crippen molar-refractivity contribution in [2.75, 3.05) is 5.88 Å². The molecule has 0 aliphatic heterocycles. The van der Waals surface area contributed by atoms with Crippen molar-refractivity contribution in [3.05, 3.63) is 17.6 Å². The number of aryl methyl sites for hydroxylation is 2. The van der Waals surface area contributed by atoms with Crippen LogP contribution >= 0.6 is 11.6 Å². The molecule has 0 amide bonds. The van der Waals surface area contributed by atoms with Crippen LogP contribution in [0.5, 0.6) is 0 Å². The molecule has 0 aliphatic carbocycles. The van der Waals surface area contributed by atoms with Crippen LogP contribution in [-0.4, -0.2) is 29.5 Å². The van der Waals surface area contributed by atoms with Crippen LogP contribution in [0.2, 0.25) is 0 Å². The molecule has 0 bridgehead atoms. The lowest BCUT2D eigenvalue weighted by atomic mass is 10.3. The fraction of sp³-hybridized carbons (Fsp3) is 0.636. The number of hydrogen-bond donors (Lipinski definition) is 0. The van der Waals surface area contributed by atoms with E-state index in [0.717, 1.165) is 5.69 Å². The summed E-state index contributed by atoms with van der Waals surface area (Å²) in [4.78, 5) is 8.18. The first-order valence-corrected chi connectivity index (χ1v) is 7.64. The number of rotatable bonds is 5. The maximum atomic E-state index is 12.2. The van der Waals surface area contributed by atoms with Gasteiger partial charge in [-0.05, 0) is 32.8 Å². The van der Waals surface area contributed by atoms with E-state index in [1.165, 1.54) is 0 Å². The molecule has 1 rings (SSSR count). The smallest absolute Gasteiger partial charge is 0.198 e. The van der Waals surface area contributed by atoms with Crippen LogP contribution in [0.3, 0.4) is 0 Å². The molecular formula is C11H17ClN2O2S. The van der Waals surface area contributed by atoms with Gasteiger partial charge in [0.2, 0.25) is 0 Å². The third kappa shape index (κ3) is 3.39. The molecule has 96 valence electrons. The van der Waals surface area contributed by atoms with E-state index in [0.29, 0.717) is 24.5 Å². The normalized spacial score (nSPS) is 13.6. The van der Waals surface area contributed by atoms with Crippen LogP contribution in [0, 0.1) is 6.92 Å². The second-order valence-corrected chi connectivity index (χ2v) is 6.62. The standard InChI is InChI=1S/C11H17ClN2O2S/c1-4-10-7-11(14-9(3)13-10)17(15,16)8(2)5-6-12/h7-8H,4-6H2,1-3H3. The van der Waals surface area contributed by atoms with E-state index in [1.54, 1.807) is 19.9 Å². The second kappa shape index (κ2) is 5.78. The molecule has 6 heteroatoms. The lowest BCUT2D eigenvalue weighted by Gasteiger charge is -2.11. The van der Waals surface area contributed by atoms with Crippen molar-refractivity contribution in [3.63, 3.8) is 0 Å². The van der Waals surface area contributed by atoms with E-state index in [-0.39, 0.29) is 5.03 Å². The van der Waals surface area contributed by atoms with Gasteiger partial charge in [-0.15, -0.1) is 11.6 Å². The van der Waals surface area contributed by atoms with Gasteiger partial charge in [-0.3, -0.25) is 0 Å². The Balaban J connectivity index is 3.19. The minimum Gasteiger partial charge on any atom is -0.238 e. The van der Waals surface area contributed by atoms with E-state index in [1.807, 2.05) is 6.92 Å². The summed E-state index contributed by atoms with van der Waals surface area (Å²) in [7, 11) is -3.39. The van der Waals surface area contributed by atoms with Gasteiger partial charge in [0.1, 0.15) is 5.82 Å². The van der Waals surface area contributed by atoms with E-state index in [4.69, 9.17) is 11.6 Å². The van der Waals surface area contributed by atoms with Crippen molar-refractivity contribution in [1.82, 2.24) is 9.97 Å². The molecule has 0 fully saturated rings. The molecule has 1 aromatic heterocycles. The van der Waals surface area contributed by atoms with Crippen LogP contribution < -0.4 is 0 Å². The molecule has 4 nitrogen and oxygen atoms in total. The summed E-state index contributed by atoms with van der Waals surface area (Å²) in [5, 5.41) is -0.404. The van der Waals surface area contributed by atoms with E-state index < -0.39 is 15.1 Å². The van der Waals surface area contributed by atoms with Crippen molar-refractivity contribution >= 4 is 21.4 Å². The molecule has 1 aromatic rings. The van der Waals surface area contributed by atoms with Gasteiger partial charge in [-0.1, -0.05) is 6.92 Å². The first-order chi connectivity index (χ1) is 7.91. The third-order valence-corrected chi connectivity index (χ3v) is 4.87. The number of hydrogen-bond acceptors (Lipinski definition) is 4. The Labute approximate surface area is 107 Å². The van der Waals surface area contributed by atoms with Crippen LogP contribution in [-0.2, 0) is 16.3 Å². The number of sulfone groups is 1. The Bertz CT molecular complexity index is 488. The maximum absolute atomic E-state index is 12.2. The summed E-state index contributed by atoms with van der Waals surface area (Å²) in [5.74, 6) is 0.812. The molecule has 17 heavy (non-hydrogen) atoms. The lowest BCUT2D eigenvalue weighted by Crippen LogP contribution is -2.20. The molecule has 0 radical (unpaired) electrons. The third-order valence-electron chi connectivity index (χ3n) is 2.57. The van der Waals surface area contributed by atoms with Crippen molar-refractivity contribution in [1.29, 1.82) is 0 Å². The Morgan fingerprint density at radius 2 is 2.06 bits per heavy atom. The highest BCUT2D eigenvalue weighted by Gasteiger charge is 2.25. The molecule has 0 saturated carbocycles. The average Bonchev–Trinajstić information content (AvgIpc) is 2.28. The summed E-state index contributed by atoms with van der Waals surface area (Å²) in [6, 6.07) is 1.55. The van der Waals surface area contributed by atoms with Gasteiger partial charge in [0.05, 0.1) is 5.25 Å². The van der Waals surface area contributed by atoms with Gasteiger partial charge < -0.3 is 0 Å². The molecule has 1 unspecified atom stereocenters. The van der Waals surface area contributed by atoms with E-state index in [2.05, 4.69) is 9.97 Å². The molecule has 0 aliphatic rings. The highest BCUT2D eigenvalue weighted by molar-refractivity contribution is 7.92. The molecule has 1 atom stereocenters. The Morgan fingerprint density at radius 3 is 2.59 bits per heavy atom. The number of aromatic nitrogens is 2. The zero-order valence-corrected chi connectivity index (χ0v) is 11.8. The average molecular weight is 277 g/mol. The predicted octanol–water partition coefficient (Wildman–Crippen LogP) is 2.14. The van der Waals surface area contributed by atoms with Crippen LogP contribution in [0.4, 0.5) is 0 Å². The highest BCUT2D eigenvalue weighted by Crippen LogP contribution is 2.17. The Hall–Kier alpha value is -0.680. The second-order valence-electron chi connectivity index (χ2n) is 3.93. The molecular weight excluding hydrogens is 260 g/mol. The van der Waals surface area contributed by atoms with E-state index in [9.17, 15) is 8.42 Å². The van der Waals surface area contributed by atoms with Gasteiger partial charge in [-0.2, -0.15) is 0 Å². The summed E-state index contributed by atoms with van der Waals surface area (Å²) in [6.07, 6.45) is 1.12. The number of nitrogens with zero attached hydrogens (tertiary/aromatic N) is 2. The first kappa shape index (κ1) is 14.4. The van der Waals surface area contributed by atoms with Gasteiger partial charge >= 0.3 is 0 Å². The Morgan fingerprint density at radius 1 is 1.41 bits per heavy atom. The van der Waals surface area contributed by atoms with Crippen molar-refractivity contribution in [3.8, 4) is 0 Å². The minimum absolute atomic E-state index is 0.111. The largest absolute Gasteiger partial charge is 0.238 e. The van der Waals surface area contributed by atoms with Crippen LogP contribution in [0.15, 0.2) is 11.1 Å².